The number of hydrogen-bond acceptors (Lipinski definition) is 5. The number of para-hydroxylation sites is 2. The number of aromatic amines is 1. The molecule has 3 aromatic carbocycles. The zero-order valence-electron chi connectivity index (χ0n) is 22.6. The Morgan fingerprint density at radius 3 is 2.54 bits per heavy atom. The first-order valence-electron chi connectivity index (χ1n) is 14.0. The van der Waals surface area contributed by atoms with Gasteiger partial charge in [-0.1, -0.05) is 66.7 Å². The predicted octanol–water partition coefficient (Wildman–Crippen LogP) is 3.10. The van der Waals surface area contributed by atoms with E-state index in [0.29, 0.717) is 24.3 Å². The lowest BCUT2D eigenvalue weighted by molar-refractivity contribution is -0.136. The van der Waals surface area contributed by atoms with Gasteiger partial charge in [0.2, 0.25) is 11.8 Å². The number of amides is 2. The van der Waals surface area contributed by atoms with Crippen molar-refractivity contribution in [3.63, 3.8) is 0 Å². The molecule has 1 aliphatic carbocycles. The zero-order chi connectivity index (χ0) is 28.3. The van der Waals surface area contributed by atoms with Gasteiger partial charge in [-0.15, -0.1) is 0 Å². The zero-order valence-corrected chi connectivity index (χ0v) is 22.6. The number of rotatable bonds is 9. The number of nitrogens with one attached hydrogen (secondary N) is 2. The topological polar surface area (TPSA) is 115 Å². The van der Waals surface area contributed by atoms with Crippen molar-refractivity contribution in [2.45, 2.75) is 37.0 Å². The normalized spacial score (nSPS) is 21.0. The number of aromatic nitrogens is 1. The molecule has 0 unspecified atom stereocenters. The fourth-order valence-electron chi connectivity index (χ4n) is 6.01. The van der Waals surface area contributed by atoms with Crippen molar-refractivity contribution < 1.29 is 24.5 Å². The molecule has 2 heterocycles. The third-order valence-corrected chi connectivity index (χ3v) is 7.96. The van der Waals surface area contributed by atoms with Crippen LogP contribution in [0.1, 0.15) is 22.7 Å². The van der Waals surface area contributed by atoms with Crippen molar-refractivity contribution in [1.82, 2.24) is 15.2 Å². The van der Waals surface area contributed by atoms with Crippen LogP contribution in [0.3, 0.4) is 0 Å². The molecule has 0 saturated carbocycles. The molecule has 8 nitrogen and oxygen atoms in total. The van der Waals surface area contributed by atoms with E-state index in [1.807, 2.05) is 78.9 Å². The second-order valence-electron chi connectivity index (χ2n) is 10.6. The van der Waals surface area contributed by atoms with Gasteiger partial charge in [-0.2, -0.15) is 0 Å². The first kappa shape index (κ1) is 26.8. The van der Waals surface area contributed by atoms with Crippen molar-refractivity contribution in [1.29, 1.82) is 0 Å². The maximum absolute atomic E-state index is 13.9. The Hall–Kier alpha value is -4.40. The molecule has 0 spiro atoms. The van der Waals surface area contributed by atoms with Crippen molar-refractivity contribution in [3.8, 4) is 5.75 Å². The molecular weight excluding hydrogens is 518 g/mol. The molecule has 4 N–H and O–H groups in total. The van der Waals surface area contributed by atoms with Gasteiger partial charge in [-0.3, -0.25) is 9.59 Å². The van der Waals surface area contributed by atoms with Gasteiger partial charge in [-0.25, -0.2) is 0 Å². The maximum Gasteiger partial charge on any atom is 0.247 e. The van der Waals surface area contributed by atoms with Crippen molar-refractivity contribution in [2.75, 3.05) is 19.7 Å². The SMILES string of the molecule is O=C(NCCO)C1=C[C@@H](N(CCc2cc3ccccc3[nH]2)C(=O)Cc2ccccc2)[C@H](O)[C@H]2Oc3ccccc3[C@@H]12. The highest BCUT2D eigenvalue weighted by molar-refractivity contribution is 5.96. The van der Waals surface area contributed by atoms with Crippen LogP contribution in [0.25, 0.3) is 10.9 Å². The van der Waals surface area contributed by atoms with E-state index in [9.17, 15) is 19.8 Å². The van der Waals surface area contributed by atoms with Crippen molar-refractivity contribution in [2.24, 2.45) is 0 Å². The molecule has 8 heteroatoms. The monoisotopic (exact) mass is 551 g/mol. The number of H-pyrrole nitrogens is 1. The summed E-state index contributed by atoms with van der Waals surface area (Å²) in [6.45, 7) is 0.228. The fourth-order valence-corrected chi connectivity index (χ4v) is 6.01. The van der Waals surface area contributed by atoms with Crippen LogP contribution in [0.2, 0.25) is 0 Å². The Morgan fingerprint density at radius 1 is 0.976 bits per heavy atom. The number of carbonyl (C=O) groups excluding carboxylic acids is 2. The van der Waals surface area contributed by atoms with E-state index < -0.39 is 24.2 Å². The Balaban J connectivity index is 1.36. The van der Waals surface area contributed by atoms with Gasteiger partial charge >= 0.3 is 0 Å². The summed E-state index contributed by atoms with van der Waals surface area (Å²) < 4.78 is 6.22. The van der Waals surface area contributed by atoms with Crippen LogP contribution < -0.4 is 10.1 Å². The van der Waals surface area contributed by atoms with Gasteiger partial charge < -0.3 is 30.2 Å². The summed E-state index contributed by atoms with van der Waals surface area (Å²) in [5.41, 5.74) is 4.10. The Bertz CT molecular complexity index is 1550. The number of hydrogen-bond donors (Lipinski definition) is 4. The highest BCUT2D eigenvalue weighted by atomic mass is 16.5. The van der Waals surface area contributed by atoms with E-state index in [0.717, 1.165) is 27.7 Å². The molecule has 0 fully saturated rings. The molecule has 41 heavy (non-hydrogen) atoms. The molecule has 210 valence electrons. The number of aliphatic hydroxyl groups excluding tert-OH is 2. The maximum atomic E-state index is 13.9. The first-order valence-corrected chi connectivity index (χ1v) is 14.0. The molecular formula is C33H33N3O5. The van der Waals surface area contributed by atoms with Crippen LogP contribution in [0.4, 0.5) is 0 Å². The highest BCUT2D eigenvalue weighted by Gasteiger charge is 2.50. The average Bonchev–Trinajstić information content (AvgIpc) is 3.59. The van der Waals surface area contributed by atoms with E-state index in [1.165, 1.54) is 0 Å². The van der Waals surface area contributed by atoms with E-state index >= 15 is 0 Å². The summed E-state index contributed by atoms with van der Waals surface area (Å²) in [4.78, 5) is 32.4. The van der Waals surface area contributed by atoms with Crippen LogP contribution >= 0.6 is 0 Å². The lowest BCUT2D eigenvalue weighted by Crippen LogP contribution is -2.56. The number of nitrogens with zero attached hydrogens (tertiary/aromatic N) is 1. The molecule has 4 aromatic rings. The third kappa shape index (κ3) is 5.36. The molecule has 4 atom stereocenters. The van der Waals surface area contributed by atoms with Crippen LogP contribution in [-0.4, -0.2) is 69.9 Å². The van der Waals surface area contributed by atoms with E-state index in [1.54, 1.807) is 11.0 Å². The summed E-state index contributed by atoms with van der Waals surface area (Å²) in [5, 5.41) is 24.9. The minimum Gasteiger partial charge on any atom is -0.486 e. The van der Waals surface area contributed by atoms with E-state index in [2.05, 4.69) is 16.4 Å². The molecule has 0 saturated heterocycles. The first-order chi connectivity index (χ1) is 20.0. The van der Waals surface area contributed by atoms with Gasteiger partial charge in [0.05, 0.1) is 25.0 Å². The Labute approximate surface area is 238 Å². The van der Waals surface area contributed by atoms with Crippen molar-refractivity contribution >= 4 is 22.7 Å². The summed E-state index contributed by atoms with van der Waals surface area (Å²) >= 11 is 0. The number of aliphatic hydroxyl groups is 2. The van der Waals surface area contributed by atoms with Gasteiger partial charge in [0, 0.05) is 41.9 Å². The summed E-state index contributed by atoms with van der Waals surface area (Å²) in [6, 6.07) is 26.2. The molecule has 2 amide bonds. The van der Waals surface area contributed by atoms with Gasteiger partial charge in [0.1, 0.15) is 18.0 Å². The third-order valence-electron chi connectivity index (χ3n) is 7.96. The highest BCUT2D eigenvalue weighted by Crippen LogP contribution is 2.47. The second kappa shape index (κ2) is 11.6. The van der Waals surface area contributed by atoms with E-state index in [-0.39, 0.29) is 31.4 Å². The van der Waals surface area contributed by atoms with Crippen LogP contribution in [-0.2, 0) is 22.4 Å². The number of carbonyl (C=O) groups is 2. The molecule has 2 aliphatic rings. The molecule has 0 bridgehead atoms. The lowest BCUT2D eigenvalue weighted by atomic mass is 9.77. The second-order valence-corrected chi connectivity index (χ2v) is 10.6. The minimum atomic E-state index is -1.07. The Kier molecular flexibility index (Phi) is 7.59. The average molecular weight is 552 g/mol. The fraction of sp³-hybridized carbons (Fsp3) is 0.273. The van der Waals surface area contributed by atoms with Crippen LogP contribution in [0, 0.1) is 0 Å². The van der Waals surface area contributed by atoms with Gasteiger partial charge in [-0.05, 0) is 35.2 Å². The van der Waals surface area contributed by atoms with Crippen molar-refractivity contribution in [3.05, 3.63) is 113 Å². The smallest absolute Gasteiger partial charge is 0.247 e. The van der Waals surface area contributed by atoms with Crippen LogP contribution in [0.15, 0.2) is 96.6 Å². The Morgan fingerprint density at radius 2 is 1.73 bits per heavy atom. The standard InChI is InChI=1S/C33H33N3O5/c37-17-15-34-33(40)25-20-27(31(39)32-30(25)24-11-5-7-13-28(24)41-32)36(29(38)18-21-8-2-1-3-9-21)16-14-23-19-22-10-4-6-12-26(22)35-23/h1-13,19-20,27,30-32,35,37,39H,14-18H2,(H,34,40)/t27-,30+,31+,32+/m1/s1. The van der Waals surface area contributed by atoms with Crippen LogP contribution in [0.5, 0.6) is 5.75 Å². The van der Waals surface area contributed by atoms with Gasteiger partial charge in [0.15, 0.2) is 0 Å². The number of benzene rings is 3. The summed E-state index contributed by atoms with van der Waals surface area (Å²) in [6.07, 6.45) is 0.610. The minimum absolute atomic E-state index is 0.0975. The largest absolute Gasteiger partial charge is 0.486 e. The number of fused-ring (bicyclic) bond motifs is 4. The molecule has 1 aliphatic heterocycles. The predicted molar refractivity (Wildman–Crippen MR) is 155 cm³/mol. The molecule has 1 aromatic heterocycles. The quantitative estimate of drug-likeness (QED) is 0.255. The lowest BCUT2D eigenvalue weighted by Gasteiger charge is -2.40. The summed E-state index contributed by atoms with van der Waals surface area (Å²) in [7, 11) is 0. The van der Waals surface area contributed by atoms with E-state index in [4.69, 9.17) is 4.74 Å². The van der Waals surface area contributed by atoms with Gasteiger partial charge in [0.25, 0.3) is 0 Å². The summed E-state index contributed by atoms with van der Waals surface area (Å²) in [5.74, 6) is -0.381. The molecule has 0 radical (unpaired) electrons. The number of ether oxygens (including phenoxy) is 1. The molecule has 6 rings (SSSR count).